The lowest BCUT2D eigenvalue weighted by Gasteiger charge is -2.11. The molecule has 0 saturated heterocycles. The summed E-state index contributed by atoms with van der Waals surface area (Å²) in [7, 11) is 1.48. The summed E-state index contributed by atoms with van der Waals surface area (Å²) in [5.74, 6) is 0.278. The van der Waals surface area contributed by atoms with E-state index in [4.69, 9.17) is 18.6 Å². The maximum absolute atomic E-state index is 12.5. The van der Waals surface area contributed by atoms with Crippen molar-refractivity contribution in [2.45, 2.75) is 6.92 Å². The Morgan fingerprint density at radius 3 is 2.81 bits per heavy atom. The number of methoxy groups -OCH3 is 1. The number of hydrogen-bond donors (Lipinski definition) is 0. The van der Waals surface area contributed by atoms with Gasteiger partial charge in [0.25, 0.3) is 0 Å². The van der Waals surface area contributed by atoms with Crippen LogP contribution in [0.25, 0.3) is 33.9 Å². The van der Waals surface area contributed by atoms with E-state index in [-0.39, 0.29) is 13.2 Å². The van der Waals surface area contributed by atoms with E-state index in [0.717, 1.165) is 9.86 Å². The quantitative estimate of drug-likeness (QED) is 0.152. The maximum Gasteiger partial charge on any atom is 0.345 e. The first kappa shape index (κ1) is 25.2. The number of fused-ring (bicyclic) bond motifs is 1. The van der Waals surface area contributed by atoms with Gasteiger partial charge in [-0.1, -0.05) is 22.0 Å². The van der Waals surface area contributed by atoms with Gasteiger partial charge in [0.05, 0.1) is 30.5 Å². The monoisotopic (exact) mass is 566 g/mol. The lowest BCUT2D eigenvalue weighted by Crippen LogP contribution is -2.14. The van der Waals surface area contributed by atoms with Crippen LogP contribution in [0.5, 0.6) is 11.5 Å². The van der Waals surface area contributed by atoms with Crippen LogP contribution in [0.15, 0.2) is 61.5 Å². The third-order valence-corrected chi connectivity index (χ3v) is 6.34. The van der Waals surface area contributed by atoms with E-state index in [1.54, 1.807) is 54.8 Å². The Hall–Kier alpha value is -3.94. The van der Waals surface area contributed by atoms with Gasteiger partial charge < -0.3 is 18.6 Å². The average molecular weight is 567 g/mol. The fraction of sp³-hybridized carbons (Fsp3) is 0.154. The average Bonchev–Trinajstić information content (AvgIpc) is 3.36. The lowest BCUT2D eigenvalue weighted by molar-refractivity contribution is -0.145. The van der Waals surface area contributed by atoms with Crippen LogP contribution in [0.2, 0.25) is 0 Å². The third kappa shape index (κ3) is 5.64. The van der Waals surface area contributed by atoms with Gasteiger partial charge in [-0.2, -0.15) is 5.26 Å². The van der Waals surface area contributed by atoms with Gasteiger partial charge in [-0.3, -0.25) is 0 Å². The summed E-state index contributed by atoms with van der Waals surface area (Å²) in [6.07, 6.45) is 1.65. The minimum Gasteiger partial charge on any atom is -0.493 e. The minimum absolute atomic E-state index is 0.246. The van der Waals surface area contributed by atoms with Crippen LogP contribution in [-0.4, -0.2) is 31.3 Å². The molecule has 0 atom stereocenters. The van der Waals surface area contributed by atoms with E-state index >= 15 is 0 Å². The number of esters is 1. The summed E-state index contributed by atoms with van der Waals surface area (Å²) < 4.78 is 22.0. The smallest absolute Gasteiger partial charge is 0.345 e. The molecule has 0 saturated carbocycles. The number of halogens is 1. The molecule has 4 aromatic rings. The molecule has 4 rings (SSSR count). The number of benzene rings is 2. The zero-order valence-corrected chi connectivity index (χ0v) is 21.6. The van der Waals surface area contributed by atoms with Crippen LogP contribution in [0.1, 0.15) is 17.5 Å². The van der Waals surface area contributed by atoms with Crippen molar-refractivity contribution in [3.05, 3.63) is 73.3 Å². The highest BCUT2D eigenvalue weighted by Crippen LogP contribution is 2.31. The number of allylic oxidation sites excluding steroid dienone is 1. The first-order chi connectivity index (χ1) is 17.4. The number of carbonyl (C=O) groups excluding carboxylic acids is 1. The second-order valence-electron chi connectivity index (χ2n) is 7.34. The van der Waals surface area contributed by atoms with E-state index in [0.29, 0.717) is 44.5 Å². The largest absolute Gasteiger partial charge is 0.493 e. The fourth-order valence-electron chi connectivity index (χ4n) is 3.34. The number of nitrogens with zero attached hydrogens (tertiary/aromatic N) is 2. The van der Waals surface area contributed by atoms with E-state index in [2.05, 4.69) is 27.0 Å². The molecule has 2 aromatic heterocycles. The molecular weight excluding hydrogens is 548 g/mol. The van der Waals surface area contributed by atoms with E-state index in [1.165, 1.54) is 18.4 Å². The Morgan fingerprint density at radius 1 is 1.22 bits per heavy atom. The van der Waals surface area contributed by atoms with Gasteiger partial charge in [-0.25, -0.2) is 14.6 Å². The molecule has 8 nitrogen and oxygen atoms in total. The molecule has 2 aromatic carbocycles. The van der Waals surface area contributed by atoms with Gasteiger partial charge in [0.15, 0.2) is 18.1 Å². The predicted octanol–water partition coefficient (Wildman–Crippen LogP) is 5.69. The molecule has 0 fully saturated rings. The minimum atomic E-state index is -0.507. The summed E-state index contributed by atoms with van der Waals surface area (Å²) >= 11 is 4.66. The second kappa shape index (κ2) is 11.2. The zero-order valence-electron chi connectivity index (χ0n) is 19.2. The number of nitriles is 1. The van der Waals surface area contributed by atoms with Gasteiger partial charge in [-0.05, 0) is 55.0 Å². The molecule has 0 radical (unpaired) electrons. The van der Waals surface area contributed by atoms with Crippen molar-refractivity contribution in [1.29, 1.82) is 5.26 Å². The Balaban J connectivity index is 1.61. The summed E-state index contributed by atoms with van der Waals surface area (Å²) in [5.41, 5.74) is 1.67. The Bertz CT molecular complexity index is 1570. The standard InChI is InChI=1S/C26H19BrN2O6S/c1-3-33-24(30)13-34-22-6-4-15(9-23(22)32-2)8-17(12-28)25-29-20(14-36-25)19-11-16-10-18(27)5-7-21(16)35-26(19)31/h4-11,14H,3,13H2,1-2H3/b17-8+. The van der Waals surface area contributed by atoms with Crippen LogP contribution < -0.4 is 15.1 Å². The molecule has 36 heavy (non-hydrogen) atoms. The molecule has 0 aliphatic carbocycles. The third-order valence-electron chi connectivity index (χ3n) is 4.97. The number of rotatable bonds is 8. The van der Waals surface area contributed by atoms with Crippen molar-refractivity contribution >= 4 is 55.9 Å². The molecule has 0 N–H and O–H groups in total. The SMILES string of the molecule is CCOC(=O)COc1ccc(/C=C(\C#N)c2nc(-c3cc4cc(Br)ccc4oc3=O)cs2)cc1OC. The van der Waals surface area contributed by atoms with Gasteiger partial charge in [0.2, 0.25) is 0 Å². The summed E-state index contributed by atoms with van der Waals surface area (Å²) in [6.45, 7) is 1.74. The Kier molecular flexibility index (Phi) is 7.83. The summed E-state index contributed by atoms with van der Waals surface area (Å²) in [4.78, 5) is 28.6. The summed E-state index contributed by atoms with van der Waals surface area (Å²) in [6, 6.07) is 14.3. The van der Waals surface area contributed by atoms with Crippen LogP contribution in [-0.2, 0) is 9.53 Å². The molecule has 0 aliphatic rings. The lowest BCUT2D eigenvalue weighted by atomic mass is 10.1. The van der Waals surface area contributed by atoms with E-state index < -0.39 is 11.6 Å². The number of carbonyl (C=O) groups is 1. The van der Waals surface area contributed by atoms with Gasteiger partial charge in [-0.15, -0.1) is 11.3 Å². The molecule has 0 bridgehead atoms. The zero-order chi connectivity index (χ0) is 25.7. The van der Waals surface area contributed by atoms with Crippen LogP contribution >= 0.6 is 27.3 Å². The molecule has 0 amide bonds. The van der Waals surface area contributed by atoms with Crippen LogP contribution in [0, 0.1) is 11.3 Å². The van der Waals surface area contributed by atoms with Crippen molar-refractivity contribution in [3.63, 3.8) is 0 Å². The molecule has 0 unspecified atom stereocenters. The van der Waals surface area contributed by atoms with E-state index in [9.17, 15) is 14.9 Å². The number of aromatic nitrogens is 1. The Labute approximate surface area is 218 Å². The fourth-order valence-corrected chi connectivity index (χ4v) is 4.50. The predicted molar refractivity (Wildman–Crippen MR) is 140 cm³/mol. The molecule has 182 valence electrons. The second-order valence-corrected chi connectivity index (χ2v) is 9.12. The highest BCUT2D eigenvalue weighted by atomic mass is 79.9. The molecule has 2 heterocycles. The maximum atomic E-state index is 12.5. The van der Waals surface area contributed by atoms with Gasteiger partial charge in [0.1, 0.15) is 16.7 Å². The topological polar surface area (TPSA) is 112 Å². The number of ether oxygens (including phenoxy) is 3. The number of hydrogen-bond acceptors (Lipinski definition) is 9. The first-order valence-corrected chi connectivity index (χ1v) is 12.4. The summed E-state index contributed by atoms with van der Waals surface area (Å²) in [5, 5.41) is 12.7. The van der Waals surface area contributed by atoms with Crippen molar-refractivity contribution in [2.24, 2.45) is 0 Å². The van der Waals surface area contributed by atoms with Crippen molar-refractivity contribution in [3.8, 4) is 28.8 Å². The molecular formula is C26H19BrN2O6S. The first-order valence-electron chi connectivity index (χ1n) is 10.7. The van der Waals surface area contributed by atoms with Gasteiger partial charge in [0, 0.05) is 15.2 Å². The van der Waals surface area contributed by atoms with Crippen molar-refractivity contribution in [2.75, 3.05) is 20.3 Å². The molecule has 0 spiro atoms. The highest BCUT2D eigenvalue weighted by molar-refractivity contribution is 9.10. The molecule has 10 heteroatoms. The van der Waals surface area contributed by atoms with Crippen molar-refractivity contribution in [1.82, 2.24) is 4.98 Å². The van der Waals surface area contributed by atoms with Crippen LogP contribution in [0.4, 0.5) is 0 Å². The number of thiazole rings is 1. The normalized spacial score (nSPS) is 11.2. The molecule has 0 aliphatic heterocycles. The van der Waals surface area contributed by atoms with Gasteiger partial charge >= 0.3 is 11.6 Å². The highest BCUT2D eigenvalue weighted by Gasteiger charge is 2.15. The van der Waals surface area contributed by atoms with E-state index in [1.807, 2.05) is 6.07 Å². The van der Waals surface area contributed by atoms with Crippen LogP contribution in [0.3, 0.4) is 0 Å². The van der Waals surface area contributed by atoms with Crippen molar-refractivity contribution < 1.29 is 23.4 Å². The Morgan fingerprint density at radius 2 is 2.06 bits per heavy atom.